The van der Waals surface area contributed by atoms with Crippen LogP contribution in [0.3, 0.4) is 0 Å². The Morgan fingerprint density at radius 1 is 1.30 bits per heavy atom. The standard InChI is InChI=1S/C17H23BrFN3O/c18-13-5-6-16(15(19)9-13)21-17(23)20-10-12-7-8-22(11-12)14-3-1-2-4-14/h5-6,9,12,14H,1-4,7-8,10-11H2,(H2,20,21,23)/t12-/m1/s1. The zero-order valence-electron chi connectivity index (χ0n) is 13.2. The molecule has 2 amide bonds. The monoisotopic (exact) mass is 383 g/mol. The summed E-state index contributed by atoms with van der Waals surface area (Å²) in [7, 11) is 0. The first-order valence-corrected chi connectivity index (χ1v) is 9.15. The molecular weight excluding hydrogens is 361 g/mol. The van der Waals surface area contributed by atoms with Crippen LogP contribution in [0.2, 0.25) is 0 Å². The summed E-state index contributed by atoms with van der Waals surface area (Å²) in [6.45, 7) is 2.85. The minimum absolute atomic E-state index is 0.199. The number of urea groups is 1. The van der Waals surface area contributed by atoms with E-state index in [1.165, 1.54) is 31.7 Å². The van der Waals surface area contributed by atoms with Gasteiger partial charge in [-0.2, -0.15) is 0 Å². The Hall–Kier alpha value is -1.14. The van der Waals surface area contributed by atoms with Crippen LogP contribution in [0.25, 0.3) is 0 Å². The molecule has 1 atom stereocenters. The fourth-order valence-electron chi connectivity index (χ4n) is 3.62. The zero-order chi connectivity index (χ0) is 16.2. The van der Waals surface area contributed by atoms with Gasteiger partial charge in [0.15, 0.2) is 0 Å². The van der Waals surface area contributed by atoms with Crippen LogP contribution in [0.5, 0.6) is 0 Å². The van der Waals surface area contributed by atoms with Crippen molar-refractivity contribution in [2.45, 2.75) is 38.1 Å². The molecule has 126 valence electrons. The molecular formula is C17H23BrFN3O. The van der Waals surface area contributed by atoms with E-state index in [-0.39, 0.29) is 11.7 Å². The molecule has 0 bridgehead atoms. The van der Waals surface area contributed by atoms with Crippen LogP contribution in [0, 0.1) is 11.7 Å². The van der Waals surface area contributed by atoms with Crippen molar-refractivity contribution >= 4 is 27.6 Å². The number of carbonyl (C=O) groups excluding carboxylic acids is 1. The molecule has 1 aromatic carbocycles. The maximum Gasteiger partial charge on any atom is 0.319 e. The van der Waals surface area contributed by atoms with E-state index >= 15 is 0 Å². The molecule has 2 fully saturated rings. The SMILES string of the molecule is O=C(NC[C@H]1CCN(C2CCCC2)C1)Nc1ccc(Br)cc1F. The van der Waals surface area contributed by atoms with Gasteiger partial charge in [-0.15, -0.1) is 0 Å². The molecule has 1 aliphatic heterocycles. The van der Waals surface area contributed by atoms with E-state index in [0.717, 1.165) is 25.6 Å². The summed E-state index contributed by atoms with van der Waals surface area (Å²) >= 11 is 3.20. The molecule has 4 nitrogen and oxygen atoms in total. The van der Waals surface area contributed by atoms with Crippen molar-refractivity contribution in [3.8, 4) is 0 Å². The highest BCUT2D eigenvalue weighted by Crippen LogP contribution is 2.28. The minimum Gasteiger partial charge on any atom is -0.338 e. The normalized spacial score (nSPS) is 22.4. The van der Waals surface area contributed by atoms with E-state index in [1.54, 1.807) is 12.1 Å². The van der Waals surface area contributed by atoms with Crippen LogP contribution in [0.4, 0.5) is 14.9 Å². The van der Waals surface area contributed by atoms with E-state index < -0.39 is 5.82 Å². The van der Waals surface area contributed by atoms with Crippen molar-refractivity contribution in [3.05, 3.63) is 28.5 Å². The number of halogens is 2. The first kappa shape index (κ1) is 16.7. The van der Waals surface area contributed by atoms with Crippen molar-refractivity contribution in [2.75, 3.05) is 25.0 Å². The molecule has 1 saturated carbocycles. The van der Waals surface area contributed by atoms with Crippen LogP contribution in [-0.2, 0) is 0 Å². The first-order chi connectivity index (χ1) is 11.1. The second-order valence-corrected chi connectivity index (χ2v) is 7.46. The number of anilines is 1. The zero-order valence-corrected chi connectivity index (χ0v) is 14.7. The van der Waals surface area contributed by atoms with Gasteiger partial charge in [0.1, 0.15) is 5.82 Å². The number of carbonyl (C=O) groups is 1. The van der Waals surface area contributed by atoms with Crippen molar-refractivity contribution in [1.29, 1.82) is 0 Å². The third kappa shape index (κ3) is 4.44. The third-order valence-electron chi connectivity index (χ3n) is 4.89. The van der Waals surface area contributed by atoms with Crippen LogP contribution < -0.4 is 10.6 Å². The highest BCUT2D eigenvalue weighted by Gasteiger charge is 2.29. The summed E-state index contributed by atoms with van der Waals surface area (Å²) in [5, 5.41) is 5.44. The minimum atomic E-state index is -0.442. The van der Waals surface area contributed by atoms with Gasteiger partial charge in [-0.25, -0.2) is 9.18 Å². The van der Waals surface area contributed by atoms with Crippen LogP contribution >= 0.6 is 15.9 Å². The van der Waals surface area contributed by atoms with Gasteiger partial charge < -0.3 is 15.5 Å². The molecule has 1 saturated heterocycles. The number of amides is 2. The summed E-state index contributed by atoms with van der Waals surface area (Å²) in [6, 6.07) is 5.01. The van der Waals surface area contributed by atoms with Crippen molar-refractivity contribution in [1.82, 2.24) is 10.2 Å². The maximum absolute atomic E-state index is 13.7. The lowest BCUT2D eigenvalue weighted by atomic mass is 10.1. The van der Waals surface area contributed by atoms with Gasteiger partial charge in [-0.3, -0.25) is 0 Å². The number of nitrogens with one attached hydrogen (secondary N) is 2. The summed E-state index contributed by atoms with van der Waals surface area (Å²) in [5.41, 5.74) is 0.199. The van der Waals surface area contributed by atoms with Gasteiger partial charge in [0.25, 0.3) is 0 Å². The quantitative estimate of drug-likeness (QED) is 0.825. The topological polar surface area (TPSA) is 44.4 Å². The van der Waals surface area contributed by atoms with E-state index in [2.05, 4.69) is 31.5 Å². The maximum atomic E-state index is 13.7. The smallest absolute Gasteiger partial charge is 0.319 e. The molecule has 1 aliphatic carbocycles. The number of rotatable bonds is 4. The fourth-order valence-corrected chi connectivity index (χ4v) is 3.96. The van der Waals surface area contributed by atoms with Gasteiger partial charge >= 0.3 is 6.03 Å². The molecule has 1 aromatic rings. The molecule has 2 N–H and O–H groups in total. The lowest BCUT2D eigenvalue weighted by Crippen LogP contribution is -2.36. The summed E-state index contributed by atoms with van der Waals surface area (Å²) < 4.78 is 14.3. The second-order valence-electron chi connectivity index (χ2n) is 6.55. The van der Waals surface area contributed by atoms with Gasteiger partial charge in [0, 0.05) is 23.6 Å². The second kappa shape index (κ2) is 7.62. The average molecular weight is 384 g/mol. The molecule has 0 spiro atoms. The highest BCUT2D eigenvalue weighted by molar-refractivity contribution is 9.10. The first-order valence-electron chi connectivity index (χ1n) is 8.36. The Labute approximate surface area is 144 Å². The predicted octanol–water partition coefficient (Wildman–Crippen LogP) is 3.97. The lowest BCUT2D eigenvalue weighted by Gasteiger charge is -2.23. The molecule has 3 rings (SSSR count). The van der Waals surface area contributed by atoms with Crippen molar-refractivity contribution < 1.29 is 9.18 Å². The Bertz CT molecular complexity index is 563. The lowest BCUT2D eigenvalue weighted by molar-refractivity contribution is 0.234. The number of likely N-dealkylation sites (tertiary alicyclic amines) is 1. The molecule has 2 aliphatic rings. The molecule has 0 unspecified atom stereocenters. The summed E-state index contributed by atoms with van der Waals surface area (Å²) in [5.74, 6) is 0.0546. The van der Waals surface area contributed by atoms with E-state index in [9.17, 15) is 9.18 Å². The summed E-state index contributed by atoms with van der Waals surface area (Å²) in [6.07, 6.45) is 6.48. The Kier molecular flexibility index (Phi) is 5.54. The Balaban J connectivity index is 1.42. The van der Waals surface area contributed by atoms with Gasteiger partial charge in [-0.1, -0.05) is 28.8 Å². The summed E-state index contributed by atoms with van der Waals surface area (Å²) in [4.78, 5) is 14.5. The number of hydrogen-bond acceptors (Lipinski definition) is 2. The van der Waals surface area contributed by atoms with Crippen LogP contribution in [-0.4, -0.2) is 36.6 Å². The van der Waals surface area contributed by atoms with E-state index in [0.29, 0.717) is 16.9 Å². The van der Waals surface area contributed by atoms with Crippen LogP contribution in [0.1, 0.15) is 32.1 Å². The number of hydrogen-bond donors (Lipinski definition) is 2. The Morgan fingerprint density at radius 3 is 2.83 bits per heavy atom. The molecule has 0 aromatic heterocycles. The average Bonchev–Trinajstić information content (AvgIpc) is 3.18. The van der Waals surface area contributed by atoms with Crippen molar-refractivity contribution in [2.24, 2.45) is 5.92 Å². The van der Waals surface area contributed by atoms with Gasteiger partial charge in [-0.05, 0) is 49.9 Å². The Morgan fingerprint density at radius 2 is 2.09 bits per heavy atom. The van der Waals surface area contributed by atoms with Gasteiger partial charge in [0.05, 0.1) is 5.69 Å². The van der Waals surface area contributed by atoms with Gasteiger partial charge in [0.2, 0.25) is 0 Å². The van der Waals surface area contributed by atoms with Crippen molar-refractivity contribution in [3.63, 3.8) is 0 Å². The molecule has 23 heavy (non-hydrogen) atoms. The fraction of sp³-hybridized carbons (Fsp3) is 0.588. The van der Waals surface area contributed by atoms with E-state index in [1.807, 2.05) is 0 Å². The molecule has 0 radical (unpaired) electrons. The number of benzene rings is 1. The molecule has 1 heterocycles. The number of nitrogens with zero attached hydrogens (tertiary/aromatic N) is 1. The van der Waals surface area contributed by atoms with E-state index in [4.69, 9.17) is 0 Å². The third-order valence-corrected chi connectivity index (χ3v) is 5.38. The largest absolute Gasteiger partial charge is 0.338 e. The predicted molar refractivity (Wildman–Crippen MR) is 93.1 cm³/mol. The van der Waals surface area contributed by atoms with Crippen LogP contribution in [0.15, 0.2) is 22.7 Å². The molecule has 6 heteroatoms. The highest BCUT2D eigenvalue weighted by atomic mass is 79.9.